The topological polar surface area (TPSA) is 114 Å². The normalized spacial score (nSPS) is 12.5. The van der Waals surface area contributed by atoms with E-state index in [-0.39, 0.29) is 4.90 Å². The first-order valence-corrected chi connectivity index (χ1v) is 10.6. The molecule has 0 saturated heterocycles. The third-order valence-electron chi connectivity index (χ3n) is 4.22. The van der Waals surface area contributed by atoms with Crippen molar-refractivity contribution in [2.45, 2.75) is 38.1 Å². The van der Waals surface area contributed by atoms with E-state index < -0.39 is 22.0 Å². The van der Waals surface area contributed by atoms with E-state index in [2.05, 4.69) is 20.2 Å². The number of carbonyl (C=O) groups is 1. The van der Waals surface area contributed by atoms with Gasteiger partial charge in [-0.05, 0) is 38.1 Å². The van der Waals surface area contributed by atoms with Crippen molar-refractivity contribution in [1.29, 1.82) is 0 Å². The largest absolute Gasteiger partial charge is 0.339 e. The number of anilines is 1. The highest BCUT2D eigenvalue weighted by Crippen LogP contribution is 2.20. The molecule has 0 fully saturated rings. The van der Waals surface area contributed by atoms with Crippen molar-refractivity contribution in [2.75, 3.05) is 5.32 Å². The second-order valence-corrected chi connectivity index (χ2v) is 8.31. The maximum Gasteiger partial charge on any atom is 0.242 e. The van der Waals surface area contributed by atoms with Crippen LogP contribution in [0.25, 0.3) is 11.4 Å². The second kappa shape index (κ2) is 8.54. The Kier molecular flexibility index (Phi) is 6.09. The van der Waals surface area contributed by atoms with E-state index in [1.807, 2.05) is 13.8 Å². The molecule has 152 valence electrons. The molecule has 1 aromatic heterocycles. The highest BCUT2D eigenvalue weighted by Gasteiger charge is 2.22. The summed E-state index contributed by atoms with van der Waals surface area (Å²) >= 11 is 0. The molecule has 8 nitrogen and oxygen atoms in total. The number of hydrogen-bond acceptors (Lipinski definition) is 6. The molecule has 0 spiro atoms. The fourth-order valence-corrected chi connectivity index (χ4v) is 3.78. The molecule has 9 heteroatoms. The van der Waals surface area contributed by atoms with Crippen LogP contribution in [0.15, 0.2) is 57.9 Å². The van der Waals surface area contributed by atoms with Crippen LogP contribution >= 0.6 is 0 Å². The number of aromatic nitrogens is 2. The Labute approximate surface area is 169 Å². The Morgan fingerprint density at radius 3 is 2.55 bits per heavy atom. The summed E-state index contributed by atoms with van der Waals surface area (Å²) in [5, 5.41) is 6.61. The summed E-state index contributed by atoms with van der Waals surface area (Å²) < 4.78 is 32.4. The Bertz CT molecular complexity index is 1110. The van der Waals surface area contributed by atoms with E-state index in [1.165, 1.54) is 19.1 Å². The molecule has 1 atom stereocenters. The summed E-state index contributed by atoms with van der Waals surface area (Å²) in [5.41, 5.74) is 2.12. The molecule has 3 aromatic rings. The summed E-state index contributed by atoms with van der Waals surface area (Å²) in [5.74, 6) is 0.458. The van der Waals surface area contributed by atoms with Gasteiger partial charge in [-0.1, -0.05) is 41.9 Å². The number of amides is 1. The zero-order chi connectivity index (χ0) is 21.0. The van der Waals surface area contributed by atoms with E-state index in [9.17, 15) is 13.2 Å². The number of carbonyl (C=O) groups excluding carboxylic acids is 1. The fraction of sp³-hybridized carbons (Fsp3) is 0.250. The van der Waals surface area contributed by atoms with Gasteiger partial charge in [0.05, 0.1) is 10.9 Å². The van der Waals surface area contributed by atoms with Gasteiger partial charge in [-0.3, -0.25) is 4.79 Å². The lowest BCUT2D eigenvalue weighted by Gasteiger charge is -2.15. The molecule has 0 saturated carbocycles. The second-order valence-electron chi connectivity index (χ2n) is 6.59. The van der Waals surface area contributed by atoms with Crippen molar-refractivity contribution in [1.82, 2.24) is 14.9 Å². The Morgan fingerprint density at radius 2 is 1.90 bits per heavy atom. The van der Waals surface area contributed by atoms with Gasteiger partial charge in [0.15, 0.2) is 0 Å². The van der Waals surface area contributed by atoms with Gasteiger partial charge in [0.25, 0.3) is 0 Å². The first kappa shape index (κ1) is 20.7. The molecular weight excluding hydrogens is 392 g/mol. The van der Waals surface area contributed by atoms with Gasteiger partial charge < -0.3 is 9.84 Å². The molecule has 0 aliphatic rings. The minimum Gasteiger partial charge on any atom is -0.339 e. The van der Waals surface area contributed by atoms with Crippen molar-refractivity contribution >= 4 is 21.6 Å². The number of benzene rings is 2. The molecule has 29 heavy (non-hydrogen) atoms. The van der Waals surface area contributed by atoms with Crippen LogP contribution in [0.3, 0.4) is 0 Å². The first-order valence-electron chi connectivity index (χ1n) is 9.11. The third-order valence-corrected chi connectivity index (χ3v) is 5.77. The Morgan fingerprint density at radius 1 is 1.17 bits per heavy atom. The smallest absolute Gasteiger partial charge is 0.242 e. The minimum absolute atomic E-state index is 0.105. The summed E-state index contributed by atoms with van der Waals surface area (Å²) in [6, 6.07) is 12.4. The molecule has 2 aromatic carbocycles. The lowest BCUT2D eigenvalue weighted by atomic mass is 10.2. The van der Waals surface area contributed by atoms with E-state index >= 15 is 0 Å². The molecule has 3 rings (SSSR count). The van der Waals surface area contributed by atoms with E-state index in [4.69, 9.17) is 4.52 Å². The molecule has 0 aliphatic carbocycles. The number of nitrogens with one attached hydrogen (secondary N) is 2. The summed E-state index contributed by atoms with van der Waals surface area (Å²) in [6.07, 6.45) is 0.627. The van der Waals surface area contributed by atoms with E-state index in [1.54, 1.807) is 36.4 Å². The number of aryl methyl sites for hydroxylation is 2. The molecule has 0 radical (unpaired) electrons. The third kappa shape index (κ3) is 5.07. The highest BCUT2D eigenvalue weighted by atomic mass is 32.2. The van der Waals surface area contributed by atoms with Gasteiger partial charge in [0.2, 0.25) is 27.6 Å². The van der Waals surface area contributed by atoms with Gasteiger partial charge in [0.1, 0.15) is 0 Å². The zero-order valence-electron chi connectivity index (χ0n) is 16.3. The molecule has 0 unspecified atom stereocenters. The minimum atomic E-state index is -3.81. The molecule has 0 bridgehead atoms. The Balaban J connectivity index is 1.69. The number of nitrogens with zero attached hydrogens (tertiary/aromatic N) is 2. The molecular formula is C20H22N4O4S. The highest BCUT2D eigenvalue weighted by molar-refractivity contribution is 7.89. The maximum atomic E-state index is 12.5. The van der Waals surface area contributed by atoms with Crippen LogP contribution in [-0.4, -0.2) is 30.5 Å². The fourth-order valence-electron chi connectivity index (χ4n) is 2.57. The van der Waals surface area contributed by atoms with Crippen LogP contribution in [0.2, 0.25) is 0 Å². The van der Waals surface area contributed by atoms with Gasteiger partial charge in [-0.15, -0.1) is 0 Å². The average Bonchev–Trinajstić information content (AvgIpc) is 3.17. The van der Waals surface area contributed by atoms with Crippen molar-refractivity contribution in [3.8, 4) is 11.4 Å². The van der Waals surface area contributed by atoms with Crippen LogP contribution in [0.1, 0.15) is 25.3 Å². The van der Waals surface area contributed by atoms with Crippen LogP contribution in [-0.2, 0) is 21.2 Å². The predicted molar refractivity (Wildman–Crippen MR) is 109 cm³/mol. The summed E-state index contributed by atoms with van der Waals surface area (Å²) in [6.45, 7) is 5.26. The van der Waals surface area contributed by atoms with Crippen LogP contribution in [0.5, 0.6) is 0 Å². The molecule has 1 amide bonds. The van der Waals surface area contributed by atoms with E-state index in [0.717, 1.165) is 5.56 Å². The van der Waals surface area contributed by atoms with Crippen LogP contribution in [0.4, 0.5) is 5.69 Å². The summed E-state index contributed by atoms with van der Waals surface area (Å²) in [7, 11) is -3.81. The maximum absolute atomic E-state index is 12.5. The quantitative estimate of drug-likeness (QED) is 0.614. The van der Waals surface area contributed by atoms with Crippen molar-refractivity contribution in [3.63, 3.8) is 0 Å². The number of rotatable bonds is 7. The first-order chi connectivity index (χ1) is 13.8. The standard InChI is InChI=1S/C20H22N4O4S/c1-4-18-22-19(23-28-18)15-6-5-7-16(12-15)21-20(25)14(3)24-29(26,27)17-10-8-13(2)9-11-17/h5-12,14,24H,4H2,1-3H3,(H,21,25)/t14-/m0/s1. The van der Waals surface area contributed by atoms with Gasteiger partial charge >= 0.3 is 0 Å². The average molecular weight is 414 g/mol. The van der Waals surface area contributed by atoms with Crippen molar-refractivity contribution in [3.05, 3.63) is 60.0 Å². The monoisotopic (exact) mass is 414 g/mol. The zero-order valence-corrected chi connectivity index (χ0v) is 17.2. The van der Waals surface area contributed by atoms with Gasteiger partial charge in [-0.2, -0.15) is 9.71 Å². The van der Waals surface area contributed by atoms with Crippen LogP contribution < -0.4 is 10.0 Å². The summed E-state index contributed by atoms with van der Waals surface area (Å²) in [4.78, 5) is 16.9. The molecule has 0 aliphatic heterocycles. The van der Waals surface area contributed by atoms with E-state index in [0.29, 0.717) is 29.4 Å². The number of hydrogen-bond donors (Lipinski definition) is 2. The molecule has 2 N–H and O–H groups in total. The van der Waals surface area contributed by atoms with Crippen LogP contribution in [0, 0.1) is 6.92 Å². The SMILES string of the molecule is CCc1nc(-c2cccc(NC(=O)[C@H](C)NS(=O)(=O)c3ccc(C)cc3)c2)no1. The lowest BCUT2D eigenvalue weighted by Crippen LogP contribution is -2.41. The van der Waals surface area contributed by atoms with Crippen molar-refractivity contribution < 1.29 is 17.7 Å². The molecule has 1 heterocycles. The Hall–Kier alpha value is -3.04. The lowest BCUT2D eigenvalue weighted by molar-refractivity contribution is -0.117. The van der Waals surface area contributed by atoms with Crippen molar-refractivity contribution in [2.24, 2.45) is 0 Å². The van der Waals surface area contributed by atoms with Gasteiger partial charge in [0, 0.05) is 17.7 Å². The predicted octanol–water partition coefficient (Wildman–Crippen LogP) is 2.91. The van der Waals surface area contributed by atoms with Gasteiger partial charge in [-0.25, -0.2) is 8.42 Å². The number of sulfonamides is 1.